The zero-order valence-electron chi connectivity index (χ0n) is 13.1. The molecule has 0 spiro atoms. The number of amides is 1. The highest BCUT2D eigenvalue weighted by Gasteiger charge is 2.28. The van der Waals surface area contributed by atoms with Gasteiger partial charge in [-0.1, -0.05) is 6.42 Å². The normalized spacial score (nSPS) is 23.2. The lowest BCUT2D eigenvalue weighted by atomic mass is 9.85. The maximum Gasteiger partial charge on any atom is 0.308 e. The fourth-order valence-electron chi connectivity index (χ4n) is 2.55. The molecule has 2 unspecified atom stereocenters. The van der Waals surface area contributed by atoms with Crippen molar-refractivity contribution in [2.75, 3.05) is 13.2 Å². The zero-order chi connectivity index (χ0) is 15.2. The lowest BCUT2D eigenvalue weighted by molar-refractivity contribution is -0.149. The van der Waals surface area contributed by atoms with E-state index in [1.54, 1.807) is 0 Å². The fraction of sp³-hybridized carbons (Fsp3) is 0.867. The van der Waals surface area contributed by atoms with Gasteiger partial charge in [0, 0.05) is 11.6 Å². The van der Waals surface area contributed by atoms with Gasteiger partial charge in [-0.05, 0) is 47.0 Å². The molecule has 116 valence electrons. The van der Waals surface area contributed by atoms with Crippen LogP contribution in [0.1, 0.15) is 53.4 Å². The van der Waals surface area contributed by atoms with E-state index in [9.17, 15) is 9.59 Å². The van der Waals surface area contributed by atoms with Crippen LogP contribution in [0.15, 0.2) is 0 Å². The quantitative estimate of drug-likeness (QED) is 0.753. The number of esters is 1. The standard InChI is InChI=1S/C15H28N2O3/c1-5-20-14(19)11-7-6-8-12(9-11)16-10-13(18)17-15(2,3)4/h11-12,16H,5-10H2,1-4H3,(H,17,18). The Morgan fingerprint density at radius 2 is 1.95 bits per heavy atom. The number of carbonyl (C=O) groups is 2. The molecule has 5 nitrogen and oxygen atoms in total. The molecule has 0 heterocycles. The number of ether oxygens (including phenoxy) is 1. The third kappa shape index (κ3) is 6.37. The molecule has 1 rings (SSSR count). The molecule has 0 aromatic carbocycles. The SMILES string of the molecule is CCOC(=O)C1CCCC(NCC(=O)NC(C)(C)C)C1. The molecule has 0 aromatic heterocycles. The zero-order valence-corrected chi connectivity index (χ0v) is 13.1. The summed E-state index contributed by atoms with van der Waals surface area (Å²) >= 11 is 0. The Hall–Kier alpha value is -1.10. The molecule has 0 saturated heterocycles. The second-order valence-electron chi connectivity index (χ2n) is 6.49. The molecule has 1 aliphatic carbocycles. The molecule has 0 bridgehead atoms. The minimum atomic E-state index is -0.210. The highest BCUT2D eigenvalue weighted by molar-refractivity contribution is 5.78. The molecule has 20 heavy (non-hydrogen) atoms. The van der Waals surface area contributed by atoms with Gasteiger partial charge < -0.3 is 15.4 Å². The minimum Gasteiger partial charge on any atom is -0.466 e. The molecule has 2 N–H and O–H groups in total. The second kappa shape index (κ2) is 7.62. The molecule has 0 aromatic rings. The van der Waals surface area contributed by atoms with Crippen LogP contribution in [0.3, 0.4) is 0 Å². The van der Waals surface area contributed by atoms with E-state index in [2.05, 4.69) is 10.6 Å². The van der Waals surface area contributed by atoms with Crippen molar-refractivity contribution in [3.05, 3.63) is 0 Å². The first-order chi connectivity index (χ1) is 9.31. The van der Waals surface area contributed by atoms with Crippen LogP contribution in [-0.2, 0) is 14.3 Å². The van der Waals surface area contributed by atoms with E-state index in [-0.39, 0.29) is 29.4 Å². The lowest BCUT2D eigenvalue weighted by Crippen LogP contribution is -2.47. The summed E-state index contributed by atoms with van der Waals surface area (Å²) in [5.41, 5.74) is -0.210. The summed E-state index contributed by atoms with van der Waals surface area (Å²) in [4.78, 5) is 23.5. The van der Waals surface area contributed by atoms with Gasteiger partial charge in [-0.2, -0.15) is 0 Å². The third-order valence-corrected chi connectivity index (χ3v) is 3.36. The van der Waals surface area contributed by atoms with E-state index >= 15 is 0 Å². The Morgan fingerprint density at radius 3 is 2.55 bits per heavy atom. The summed E-state index contributed by atoms with van der Waals surface area (Å²) in [5, 5.41) is 6.17. The topological polar surface area (TPSA) is 67.4 Å². The van der Waals surface area contributed by atoms with Crippen LogP contribution in [0.25, 0.3) is 0 Å². The molecule has 0 aliphatic heterocycles. The van der Waals surface area contributed by atoms with E-state index < -0.39 is 0 Å². The van der Waals surface area contributed by atoms with E-state index in [0.717, 1.165) is 25.7 Å². The highest BCUT2D eigenvalue weighted by atomic mass is 16.5. The number of hydrogen-bond acceptors (Lipinski definition) is 4. The van der Waals surface area contributed by atoms with Gasteiger partial charge in [0.05, 0.1) is 19.1 Å². The van der Waals surface area contributed by atoms with Gasteiger partial charge in [-0.25, -0.2) is 0 Å². The molecule has 1 saturated carbocycles. The smallest absolute Gasteiger partial charge is 0.308 e. The van der Waals surface area contributed by atoms with Crippen LogP contribution < -0.4 is 10.6 Å². The van der Waals surface area contributed by atoms with Crippen molar-refractivity contribution < 1.29 is 14.3 Å². The summed E-state index contributed by atoms with van der Waals surface area (Å²) < 4.78 is 5.08. The molecule has 5 heteroatoms. The van der Waals surface area contributed by atoms with E-state index in [1.165, 1.54) is 0 Å². The maximum absolute atomic E-state index is 11.8. The average Bonchev–Trinajstić information content (AvgIpc) is 2.35. The van der Waals surface area contributed by atoms with Crippen LogP contribution >= 0.6 is 0 Å². The van der Waals surface area contributed by atoms with Gasteiger partial charge in [-0.15, -0.1) is 0 Å². The summed E-state index contributed by atoms with van der Waals surface area (Å²) in [5.74, 6) is -0.124. The number of hydrogen-bond donors (Lipinski definition) is 2. The van der Waals surface area contributed by atoms with Crippen molar-refractivity contribution in [3.8, 4) is 0 Å². The van der Waals surface area contributed by atoms with Gasteiger partial charge in [0.1, 0.15) is 0 Å². The average molecular weight is 284 g/mol. The minimum absolute atomic E-state index is 0.00393. The highest BCUT2D eigenvalue weighted by Crippen LogP contribution is 2.25. The summed E-state index contributed by atoms with van der Waals surface area (Å²) in [6.07, 6.45) is 3.67. The van der Waals surface area contributed by atoms with Gasteiger partial charge >= 0.3 is 5.97 Å². The van der Waals surface area contributed by atoms with Crippen molar-refractivity contribution in [3.63, 3.8) is 0 Å². The third-order valence-electron chi connectivity index (χ3n) is 3.36. The Bertz CT molecular complexity index is 337. The fourth-order valence-corrected chi connectivity index (χ4v) is 2.55. The lowest BCUT2D eigenvalue weighted by Gasteiger charge is -2.29. The van der Waals surface area contributed by atoms with Crippen LogP contribution in [0.2, 0.25) is 0 Å². The van der Waals surface area contributed by atoms with Crippen LogP contribution in [0, 0.1) is 5.92 Å². The van der Waals surface area contributed by atoms with Gasteiger partial charge in [-0.3, -0.25) is 9.59 Å². The first-order valence-corrected chi connectivity index (χ1v) is 7.53. The Balaban J connectivity index is 2.33. The van der Waals surface area contributed by atoms with E-state index in [4.69, 9.17) is 4.74 Å². The summed E-state index contributed by atoms with van der Waals surface area (Å²) in [7, 11) is 0. The second-order valence-corrected chi connectivity index (χ2v) is 6.49. The number of rotatable bonds is 5. The summed E-state index contributed by atoms with van der Waals surface area (Å²) in [6.45, 7) is 8.44. The molecule has 0 radical (unpaired) electrons. The van der Waals surface area contributed by atoms with Crippen LogP contribution in [0.5, 0.6) is 0 Å². The predicted molar refractivity (Wildman–Crippen MR) is 78.3 cm³/mol. The Labute approximate surface area is 121 Å². The molecular weight excluding hydrogens is 256 g/mol. The summed E-state index contributed by atoms with van der Waals surface area (Å²) in [6, 6.07) is 0.226. The predicted octanol–water partition coefficient (Wildman–Crippen LogP) is 1.61. The Kier molecular flexibility index (Phi) is 6.46. The molecular formula is C15H28N2O3. The molecule has 2 atom stereocenters. The van der Waals surface area contributed by atoms with E-state index in [0.29, 0.717) is 13.2 Å². The Morgan fingerprint density at radius 1 is 1.25 bits per heavy atom. The van der Waals surface area contributed by atoms with Crippen LogP contribution in [0.4, 0.5) is 0 Å². The maximum atomic E-state index is 11.8. The molecule has 1 aliphatic rings. The molecule has 1 amide bonds. The van der Waals surface area contributed by atoms with Crippen LogP contribution in [-0.4, -0.2) is 36.6 Å². The van der Waals surface area contributed by atoms with Crippen molar-refractivity contribution >= 4 is 11.9 Å². The van der Waals surface area contributed by atoms with Crippen molar-refractivity contribution in [1.82, 2.24) is 10.6 Å². The number of carbonyl (C=O) groups excluding carboxylic acids is 2. The number of nitrogens with one attached hydrogen (secondary N) is 2. The van der Waals surface area contributed by atoms with Crippen molar-refractivity contribution in [2.45, 2.75) is 65.0 Å². The first-order valence-electron chi connectivity index (χ1n) is 7.53. The largest absolute Gasteiger partial charge is 0.466 e. The van der Waals surface area contributed by atoms with Crippen molar-refractivity contribution in [1.29, 1.82) is 0 Å². The molecule has 1 fully saturated rings. The van der Waals surface area contributed by atoms with Gasteiger partial charge in [0.15, 0.2) is 0 Å². The van der Waals surface area contributed by atoms with Crippen molar-refractivity contribution in [2.24, 2.45) is 5.92 Å². The monoisotopic (exact) mass is 284 g/mol. The van der Waals surface area contributed by atoms with E-state index in [1.807, 2.05) is 27.7 Å². The van der Waals surface area contributed by atoms with Gasteiger partial charge in [0.25, 0.3) is 0 Å². The first kappa shape index (κ1) is 17.0. The van der Waals surface area contributed by atoms with Gasteiger partial charge in [0.2, 0.25) is 5.91 Å².